The summed E-state index contributed by atoms with van der Waals surface area (Å²) in [5.74, 6) is 1.64. The van der Waals surface area contributed by atoms with Crippen LogP contribution in [0.25, 0.3) is 0 Å². The zero-order valence-electron chi connectivity index (χ0n) is 13.5. The first-order chi connectivity index (χ1) is 11.6. The molecule has 1 aliphatic heterocycles. The minimum absolute atomic E-state index is 0.0735. The largest absolute Gasteiger partial charge is 0.479 e. The second-order valence-electron chi connectivity index (χ2n) is 7.54. The van der Waals surface area contributed by atoms with Gasteiger partial charge in [-0.1, -0.05) is 12.2 Å². The molecule has 4 atom stereocenters. The maximum absolute atomic E-state index is 12.7. The highest BCUT2D eigenvalue weighted by Crippen LogP contribution is 2.70. The van der Waals surface area contributed by atoms with Crippen molar-refractivity contribution >= 4 is 23.2 Å². The van der Waals surface area contributed by atoms with Crippen molar-refractivity contribution in [2.24, 2.45) is 23.2 Å². The zero-order chi connectivity index (χ0) is 16.5. The van der Waals surface area contributed by atoms with E-state index in [2.05, 4.69) is 22.8 Å². The van der Waals surface area contributed by atoms with E-state index in [0.717, 1.165) is 6.42 Å². The average molecular weight is 324 g/mol. The van der Waals surface area contributed by atoms with Crippen molar-refractivity contribution < 1.29 is 14.3 Å². The summed E-state index contributed by atoms with van der Waals surface area (Å²) >= 11 is 0. The van der Waals surface area contributed by atoms with Crippen molar-refractivity contribution in [3.05, 3.63) is 30.4 Å². The van der Waals surface area contributed by atoms with E-state index in [1.807, 2.05) is 6.07 Å². The lowest BCUT2D eigenvalue weighted by molar-refractivity contribution is -0.122. The number of carbonyl (C=O) groups excluding carboxylic acids is 2. The predicted molar refractivity (Wildman–Crippen MR) is 89.7 cm³/mol. The number of amides is 2. The van der Waals surface area contributed by atoms with Gasteiger partial charge in [0.05, 0.1) is 5.69 Å². The molecule has 0 aromatic heterocycles. The fourth-order valence-electron chi connectivity index (χ4n) is 4.79. The molecular formula is C19H20N2O3. The summed E-state index contributed by atoms with van der Waals surface area (Å²) in [4.78, 5) is 24.5. The highest BCUT2D eigenvalue weighted by atomic mass is 16.5. The number of allylic oxidation sites excluding steroid dienone is 2. The summed E-state index contributed by atoms with van der Waals surface area (Å²) in [6, 6.07) is 5.40. The standard InChI is InChI=1S/C19H20N2O3/c1-10-17(22)21-15-9-12(3-5-16(15)24-10)20-18(23)13-8-11-2-4-14(13)19(11)6-7-19/h2-5,9-11,13-14H,6-8H2,1H3,(H,20,23)(H,21,22)/t10-,11+,13-,14+/m0/s1. The number of ether oxygens (including phenoxy) is 1. The summed E-state index contributed by atoms with van der Waals surface area (Å²) < 4.78 is 5.55. The van der Waals surface area contributed by atoms with E-state index < -0.39 is 6.10 Å². The number of fused-ring (bicyclic) bond motifs is 1. The number of anilines is 2. The lowest BCUT2D eigenvalue weighted by Crippen LogP contribution is -2.34. The van der Waals surface area contributed by atoms with Crippen LogP contribution in [0, 0.1) is 23.2 Å². The van der Waals surface area contributed by atoms with E-state index in [9.17, 15) is 9.59 Å². The predicted octanol–water partition coefficient (Wildman–Crippen LogP) is 2.95. The number of hydrogen-bond acceptors (Lipinski definition) is 3. The lowest BCUT2D eigenvalue weighted by atomic mass is 9.88. The number of benzene rings is 1. The van der Waals surface area contributed by atoms with Crippen LogP contribution >= 0.6 is 0 Å². The van der Waals surface area contributed by atoms with Gasteiger partial charge in [-0.3, -0.25) is 9.59 Å². The molecule has 3 aliphatic carbocycles. The Labute approximate surface area is 140 Å². The topological polar surface area (TPSA) is 67.4 Å². The van der Waals surface area contributed by atoms with Crippen LogP contribution in [0.4, 0.5) is 11.4 Å². The van der Waals surface area contributed by atoms with E-state index in [-0.39, 0.29) is 17.7 Å². The minimum atomic E-state index is -0.492. The van der Waals surface area contributed by atoms with Crippen molar-refractivity contribution in [2.45, 2.75) is 32.3 Å². The fourth-order valence-corrected chi connectivity index (χ4v) is 4.79. The van der Waals surface area contributed by atoms with Crippen LogP contribution in [-0.4, -0.2) is 17.9 Å². The third-order valence-corrected chi connectivity index (χ3v) is 6.24. The van der Waals surface area contributed by atoms with Crippen LogP contribution in [0.15, 0.2) is 30.4 Å². The maximum Gasteiger partial charge on any atom is 0.265 e. The molecule has 0 radical (unpaired) electrons. The molecule has 24 heavy (non-hydrogen) atoms. The Morgan fingerprint density at radius 3 is 2.92 bits per heavy atom. The second-order valence-corrected chi connectivity index (χ2v) is 7.54. The highest BCUT2D eigenvalue weighted by Gasteiger charge is 2.64. The summed E-state index contributed by atoms with van der Waals surface area (Å²) in [6.45, 7) is 1.71. The van der Waals surface area contributed by atoms with Gasteiger partial charge in [0.2, 0.25) is 5.91 Å². The van der Waals surface area contributed by atoms with Gasteiger partial charge in [-0.05, 0) is 61.6 Å². The molecule has 5 nitrogen and oxygen atoms in total. The van der Waals surface area contributed by atoms with Crippen molar-refractivity contribution in [2.75, 3.05) is 10.6 Å². The third kappa shape index (κ3) is 1.87. The van der Waals surface area contributed by atoms with Crippen molar-refractivity contribution in [1.29, 1.82) is 0 Å². The Balaban J connectivity index is 1.34. The van der Waals surface area contributed by atoms with Crippen LogP contribution in [0.5, 0.6) is 5.75 Å². The van der Waals surface area contributed by atoms with Gasteiger partial charge in [-0.15, -0.1) is 0 Å². The molecule has 124 valence electrons. The van der Waals surface area contributed by atoms with Gasteiger partial charge in [0.15, 0.2) is 6.10 Å². The fraction of sp³-hybridized carbons (Fsp3) is 0.474. The van der Waals surface area contributed by atoms with E-state index in [0.29, 0.717) is 34.4 Å². The molecule has 2 bridgehead atoms. The van der Waals surface area contributed by atoms with Gasteiger partial charge >= 0.3 is 0 Å². The number of rotatable bonds is 2. The molecule has 1 aromatic rings. The highest BCUT2D eigenvalue weighted by molar-refractivity contribution is 5.99. The third-order valence-electron chi connectivity index (χ3n) is 6.24. The molecule has 2 amide bonds. The smallest absolute Gasteiger partial charge is 0.265 e. The number of nitrogens with one attached hydrogen (secondary N) is 2. The lowest BCUT2D eigenvalue weighted by Gasteiger charge is -2.24. The van der Waals surface area contributed by atoms with Crippen molar-refractivity contribution in [3.8, 4) is 5.75 Å². The summed E-state index contributed by atoms with van der Waals surface area (Å²) in [5.41, 5.74) is 1.73. The Hall–Kier alpha value is -2.30. The van der Waals surface area contributed by atoms with Gasteiger partial charge < -0.3 is 15.4 Å². The van der Waals surface area contributed by atoms with E-state index >= 15 is 0 Å². The molecule has 2 fully saturated rings. The molecule has 1 aromatic carbocycles. The normalized spacial score (nSPS) is 33.8. The zero-order valence-corrected chi connectivity index (χ0v) is 13.5. The molecule has 2 saturated carbocycles. The Morgan fingerprint density at radius 2 is 2.17 bits per heavy atom. The number of hydrogen-bond donors (Lipinski definition) is 2. The first-order valence-corrected chi connectivity index (χ1v) is 8.68. The monoisotopic (exact) mass is 324 g/mol. The minimum Gasteiger partial charge on any atom is -0.479 e. The number of carbonyl (C=O) groups is 2. The molecule has 4 aliphatic rings. The first kappa shape index (κ1) is 14.1. The average Bonchev–Trinajstić information content (AvgIpc) is 3.22. The second kappa shape index (κ2) is 4.62. The first-order valence-electron chi connectivity index (χ1n) is 8.68. The molecule has 1 heterocycles. The van der Waals surface area contributed by atoms with Gasteiger partial charge in [0, 0.05) is 11.6 Å². The van der Waals surface area contributed by atoms with Gasteiger partial charge in [-0.25, -0.2) is 0 Å². The van der Waals surface area contributed by atoms with Crippen LogP contribution in [0.2, 0.25) is 0 Å². The van der Waals surface area contributed by atoms with E-state index in [1.54, 1.807) is 19.1 Å². The van der Waals surface area contributed by atoms with Crippen LogP contribution in [-0.2, 0) is 9.59 Å². The molecule has 5 rings (SSSR count). The Morgan fingerprint density at radius 1 is 1.33 bits per heavy atom. The Bertz CT molecular complexity index is 781. The van der Waals surface area contributed by atoms with Crippen LogP contribution in [0.3, 0.4) is 0 Å². The van der Waals surface area contributed by atoms with Gasteiger partial charge in [0.25, 0.3) is 5.91 Å². The van der Waals surface area contributed by atoms with Crippen molar-refractivity contribution in [1.82, 2.24) is 0 Å². The van der Waals surface area contributed by atoms with E-state index in [4.69, 9.17) is 4.74 Å². The molecule has 5 heteroatoms. The SMILES string of the molecule is C[C@@H]1Oc2ccc(NC(=O)[C@H]3C[C@H]4C=C[C@H]3C43CC3)cc2NC1=O. The van der Waals surface area contributed by atoms with Gasteiger partial charge in [-0.2, -0.15) is 0 Å². The molecule has 2 N–H and O–H groups in total. The summed E-state index contributed by atoms with van der Waals surface area (Å²) in [6.07, 6.45) is 7.57. The quantitative estimate of drug-likeness (QED) is 0.822. The van der Waals surface area contributed by atoms with Crippen molar-refractivity contribution in [3.63, 3.8) is 0 Å². The molecule has 0 unspecified atom stereocenters. The maximum atomic E-state index is 12.7. The molecule has 1 spiro atoms. The Kier molecular flexibility index (Phi) is 2.71. The summed E-state index contributed by atoms with van der Waals surface area (Å²) in [5, 5.41) is 5.85. The summed E-state index contributed by atoms with van der Waals surface area (Å²) in [7, 11) is 0. The van der Waals surface area contributed by atoms with E-state index in [1.165, 1.54) is 12.8 Å². The molecular weight excluding hydrogens is 304 g/mol. The van der Waals surface area contributed by atoms with Crippen LogP contribution < -0.4 is 15.4 Å². The van der Waals surface area contributed by atoms with Crippen LogP contribution in [0.1, 0.15) is 26.2 Å². The van der Waals surface area contributed by atoms with Gasteiger partial charge in [0.1, 0.15) is 5.75 Å². The molecule has 0 saturated heterocycles.